The lowest BCUT2D eigenvalue weighted by molar-refractivity contribution is 0.193. The number of carbonyl (C=O) groups excluding carboxylic acids is 1. The summed E-state index contributed by atoms with van der Waals surface area (Å²) in [4.78, 5) is 12.9. The molecule has 1 aliphatic heterocycles. The second kappa shape index (κ2) is 5.88. The van der Waals surface area contributed by atoms with Crippen LogP contribution in [0.1, 0.15) is 18.6 Å². The van der Waals surface area contributed by atoms with Crippen molar-refractivity contribution in [3.05, 3.63) is 29.6 Å². The van der Waals surface area contributed by atoms with Gasteiger partial charge in [0.25, 0.3) is 0 Å². The Balaban J connectivity index is 1.86. The molecule has 1 heterocycles. The van der Waals surface area contributed by atoms with E-state index in [1.165, 1.54) is 19.1 Å². The van der Waals surface area contributed by atoms with E-state index in [4.69, 9.17) is 4.74 Å². The van der Waals surface area contributed by atoms with Crippen LogP contribution in [-0.2, 0) is 0 Å². The molecule has 6 heteroatoms. The third-order valence-corrected chi connectivity index (χ3v) is 3.00. The Kier molecular flexibility index (Phi) is 4.21. The Hall–Kier alpha value is -1.82. The normalized spacial score (nSPS) is 16.4. The van der Waals surface area contributed by atoms with Crippen molar-refractivity contribution in [2.24, 2.45) is 0 Å². The molecule has 0 bridgehead atoms. The number of nitrogens with one attached hydrogen (secondary N) is 1. The fraction of sp³-hybridized carbons (Fsp3) is 0.462. The molecule has 1 aliphatic rings. The minimum absolute atomic E-state index is 0.0979. The van der Waals surface area contributed by atoms with Crippen LogP contribution < -0.4 is 10.1 Å². The van der Waals surface area contributed by atoms with E-state index in [0.29, 0.717) is 32.0 Å². The molecule has 1 atom stereocenters. The lowest BCUT2D eigenvalue weighted by Gasteiger charge is -2.15. The van der Waals surface area contributed by atoms with Gasteiger partial charge in [0.05, 0.1) is 12.6 Å². The molecule has 104 valence electrons. The molecular formula is C13H17FN2O3. The number of hydrogen-bond donors (Lipinski definition) is 2. The van der Waals surface area contributed by atoms with Gasteiger partial charge in [-0.1, -0.05) is 0 Å². The molecule has 1 unspecified atom stereocenters. The van der Waals surface area contributed by atoms with Crippen LogP contribution in [0.5, 0.6) is 5.75 Å². The Morgan fingerprint density at radius 2 is 2.37 bits per heavy atom. The molecule has 2 rings (SSSR count). The fourth-order valence-corrected chi connectivity index (χ4v) is 1.93. The number of aliphatic hydroxyl groups is 1. The number of amides is 2. The first-order chi connectivity index (χ1) is 9.08. The number of urea groups is 1. The maximum Gasteiger partial charge on any atom is 0.317 e. The third-order valence-electron chi connectivity index (χ3n) is 3.00. The number of halogens is 1. The summed E-state index contributed by atoms with van der Waals surface area (Å²) in [7, 11) is 0. The van der Waals surface area contributed by atoms with Crippen LogP contribution in [-0.4, -0.2) is 42.3 Å². The van der Waals surface area contributed by atoms with Gasteiger partial charge in [-0.15, -0.1) is 0 Å². The second-order valence-electron chi connectivity index (χ2n) is 4.43. The predicted molar refractivity (Wildman–Crippen MR) is 67.5 cm³/mol. The van der Waals surface area contributed by atoms with Crippen molar-refractivity contribution in [3.8, 4) is 5.75 Å². The number of rotatable bonds is 5. The summed E-state index contributed by atoms with van der Waals surface area (Å²) in [5, 5.41) is 12.0. The predicted octanol–water partition coefficient (Wildman–Crippen LogP) is 1.28. The minimum Gasteiger partial charge on any atom is -0.492 e. The highest BCUT2D eigenvalue weighted by atomic mass is 19.1. The number of ether oxygens (including phenoxy) is 1. The Labute approximate surface area is 111 Å². The highest BCUT2D eigenvalue weighted by molar-refractivity contribution is 5.76. The van der Waals surface area contributed by atoms with Crippen LogP contribution >= 0.6 is 0 Å². The van der Waals surface area contributed by atoms with E-state index in [1.54, 1.807) is 11.0 Å². The maximum atomic E-state index is 13.6. The Morgan fingerprint density at radius 1 is 1.58 bits per heavy atom. The molecule has 1 saturated heterocycles. The van der Waals surface area contributed by atoms with Crippen molar-refractivity contribution in [2.75, 3.05) is 26.2 Å². The molecule has 19 heavy (non-hydrogen) atoms. The summed E-state index contributed by atoms with van der Waals surface area (Å²) >= 11 is 0. The standard InChI is InChI=1S/C13H17FN2O3/c1-9(17)11-3-2-10(8-12(11)14)19-7-6-16-5-4-15-13(16)18/h2-3,8-9,17H,4-7H2,1H3,(H,15,18). The fourth-order valence-electron chi connectivity index (χ4n) is 1.93. The smallest absolute Gasteiger partial charge is 0.317 e. The maximum absolute atomic E-state index is 13.6. The molecule has 1 fully saturated rings. The SMILES string of the molecule is CC(O)c1ccc(OCCN2CCNC2=O)cc1F. The molecule has 2 N–H and O–H groups in total. The lowest BCUT2D eigenvalue weighted by atomic mass is 10.1. The van der Waals surface area contributed by atoms with E-state index >= 15 is 0 Å². The van der Waals surface area contributed by atoms with E-state index in [-0.39, 0.29) is 11.6 Å². The Bertz CT molecular complexity index is 465. The van der Waals surface area contributed by atoms with E-state index in [0.717, 1.165) is 0 Å². The summed E-state index contributed by atoms with van der Waals surface area (Å²) in [5.74, 6) is -0.104. The van der Waals surface area contributed by atoms with Gasteiger partial charge < -0.3 is 20.1 Å². The summed E-state index contributed by atoms with van der Waals surface area (Å²) in [6.45, 7) is 3.59. The largest absolute Gasteiger partial charge is 0.492 e. The monoisotopic (exact) mass is 268 g/mol. The van der Waals surface area contributed by atoms with Crippen molar-refractivity contribution in [1.82, 2.24) is 10.2 Å². The Morgan fingerprint density at radius 3 is 2.95 bits per heavy atom. The number of benzene rings is 1. The van der Waals surface area contributed by atoms with Crippen molar-refractivity contribution in [3.63, 3.8) is 0 Å². The molecule has 0 spiro atoms. The van der Waals surface area contributed by atoms with Crippen LogP contribution in [0, 0.1) is 5.82 Å². The van der Waals surface area contributed by atoms with Gasteiger partial charge in [-0.25, -0.2) is 9.18 Å². The van der Waals surface area contributed by atoms with Crippen molar-refractivity contribution >= 4 is 6.03 Å². The van der Waals surface area contributed by atoms with Gasteiger partial charge in [0, 0.05) is 24.7 Å². The van der Waals surface area contributed by atoms with Crippen molar-refractivity contribution < 1.29 is 19.0 Å². The first-order valence-corrected chi connectivity index (χ1v) is 6.21. The molecule has 0 aromatic heterocycles. The average Bonchev–Trinajstić information content (AvgIpc) is 2.75. The number of hydrogen-bond acceptors (Lipinski definition) is 3. The topological polar surface area (TPSA) is 61.8 Å². The number of nitrogens with zero attached hydrogens (tertiary/aromatic N) is 1. The van der Waals surface area contributed by atoms with Crippen molar-refractivity contribution in [1.29, 1.82) is 0 Å². The molecule has 2 amide bonds. The zero-order valence-electron chi connectivity index (χ0n) is 10.7. The molecule has 5 nitrogen and oxygen atoms in total. The van der Waals surface area contributed by atoms with E-state index in [1.807, 2.05) is 0 Å². The average molecular weight is 268 g/mol. The minimum atomic E-state index is -0.845. The molecule has 0 saturated carbocycles. The van der Waals surface area contributed by atoms with Gasteiger partial charge in [-0.05, 0) is 19.1 Å². The quantitative estimate of drug-likeness (QED) is 0.845. The molecule has 1 aromatic rings. The summed E-state index contributed by atoms with van der Waals surface area (Å²) in [5.41, 5.74) is 0.242. The molecular weight excluding hydrogens is 251 g/mol. The second-order valence-corrected chi connectivity index (χ2v) is 4.43. The number of carbonyl (C=O) groups is 1. The zero-order chi connectivity index (χ0) is 13.8. The van der Waals surface area contributed by atoms with Gasteiger partial charge in [0.1, 0.15) is 18.2 Å². The van der Waals surface area contributed by atoms with Crippen molar-refractivity contribution in [2.45, 2.75) is 13.0 Å². The van der Waals surface area contributed by atoms with Crippen LogP contribution in [0.15, 0.2) is 18.2 Å². The van der Waals surface area contributed by atoms with Crippen LogP contribution in [0.4, 0.5) is 9.18 Å². The van der Waals surface area contributed by atoms with Gasteiger partial charge in [-0.3, -0.25) is 0 Å². The van der Waals surface area contributed by atoms with Gasteiger partial charge >= 0.3 is 6.03 Å². The number of aliphatic hydroxyl groups excluding tert-OH is 1. The van der Waals surface area contributed by atoms with Gasteiger partial charge in [-0.2, -0.15) is 0 Å². The van der Waals surface area contributed by atoms with Crippen LogP contribution in [0.3, 0.4) is 0 Å². The van der Waals surface area contributed by atoms with E-state index in [2.05, 4.69) is 5.32 Å². The molecule has 0 aliphatic carbocycles. The third kappa shape index (κ3) is 3.35. The highest BCUT2D eigenvalue weighted by Gasteiger charge is 2.18. The van der Waals surface area contributed by atoms with E-state index < -0.39 is 11.9 Å². The summed E-state index contributed by atoms with van der Waals surface area (Å²) in [6, 6.07) is 4.25. The van der Waals surface area contributed by atoms with Gasteiger partial charge in [0.15, 0.2) is 0 Å². The first kappa shape index (κ1) is 13.6. The zero-order valence-corrected chi connectivity index (χ0v) is 10.7. The van der Waals surface area contributed by atoms with Crippen LogP contribution in [0.25, 0.3) is 0 Å². The molecule has 1 aromatic carbocycles. The van der Waals surface area contributed by atoms with E-state index in [9.17, 15) is 14.3 Å². The lowest BCUT2D eigenvalue weighted by Crippen LogP contribution is -2.31. The van der Waals surface area contributed by atoms with Crippen LogP contribution in [0.2, 0.25) is 0 Å². The summed E-state index contributed by atoms with van der Waals surface area (Å²) < 4.78 is 19.0. The molecule has 0 radical (unpaired) electrons. The highest BCUT2D eigenvalue weighted by Crippen LogP contribution is 2.21. The first-order valence-electron chi connectivity index (χ1n) is 6.21. The summed E-state index contributed by atoms with van der Waals surface area (Å²) in [6.07, 6.45) is -0.845. The van der Waals surface area contributed by atoms with Gasteiger partial charge in [0.2, 0.25) is 0 Å².